The zero-order chi connectivity index (χ0) is 18.2. The number of pyridine rings is 1. The highest BCUT2D eigenvalue weighted by Gasteiger charge is 2.23. The maximum absolute atomic E-state index is 12.9. The second kappa shape index (κ2) is 9.17. The highest BCUT2D eigenvalue weighted by Crippen LogP contribution is 2.21. The van der Waals surface area contributed by atoms with E-state index in [2.05, 4.69) is 4.98 Å². The molecule has 0 spiro atoms. The summed E-state index contributed by atoms with van der Waals surface area (Å²) in [6.45, 7) is 2.13. The number of halogens is 1. The lowest BCUT2D eigenvalue weighted by Crippen LogP contribution is -2.41. The lowest BCUT2D eigenvalue weighted by Gasteiger charge is -2.32. The van der Waals surface area contributed by atoms with E-state index < -0.39 is 0 Å². The molecule has 0 atom stereocenters. The predicted molar refractivity (Wildman–Crippen MR) is 95.5 cm³/mol. The maximum Gasteiger partial charge on any atom is 0.260 e. The van der Waals surface area contributed by atoms with Crippen molar-refractivity contribution in [2.45, 2.75) is 19.3 Å². The third kappa shape index (κ3) is 5.44. The van der Waals surface area contributed by atoms with E-state index in [0.29, 0.717) is 18.3 Å². The number of carbonyl (C=O) groups is 1. The lowest BCUT2D eigenvalue weighted by atomic mass is 9.94. The van der Waals surface area contributed by atoms with Gasteiger partial charge in [0.1, 0.15) is 17.3 Å². The quantitative estimate of drug-likeness (QED) is 0.762. The van der Waals surface area contributed by atoms with Crippen LogP contribution in [0.4, 0.5) is 4.39 Å². The number of likely N-dealkylation sites (tertiary alicyclic amines) is 1. The number of piperidine rings is 1. The number of ether oxygens (including phenoxy) is 2. The second-order valence-electron chi connectivity index (χ2n) is 6.39. The monoisotopic (exact) mass is 358 g/mol. The fourth-order valence-corrected chi connectivity index (χ4v) is 3.01. The molecule has 0 aliphatic carbocycles. The third-order valence-electron chi connectivity index (χ3n) is 4.57. The largest absolute Gasteiger partial charge is 0.492 e. The molecule has 1 aliphatic heterocycles. The molecular formula is C20H23FN2O3. The van der Waals surface area contributed by atoms with Gasteiger partial charge in [0.05, 0.1) is 12.8 Å². The molecular weight excluding hydrogens is 335 g/mol. The summed E-state index contributed by atoms with van der Waals surface area (Å²) in [6, 6.07) is 9.44. The molecule has 0 bridgehead atoms. The van der Waals surface area contributed by atoms with Crippen molar-refractivity contribution in [3.63, 3.8) is 0 Å². The van der Waals surface area contributed by atoms with Crippen LogP contribution in [0.1, 0.15) is 19.3 Å². The van der Waals surface area contributed by atoms with E-state index in [4.69, 9.17) is 9.47 Å². The van der Waals surface area contributed by atoms with Crippen LogP contribution in [0.2, 0.25) is 0 Å². The Morgan fingerprint density at radius 3 is 2.58 bits per heavy atom. The van der Waals surface area contributed by atoms with E-state index in [1.165, 1.54) is 24.3 Å². The molecule has 1 saturated heterocycles. The highest BCUT2D eigenvalue weighted by molar-refractivity contribution is 5.77. The molecule has 0 saturated carbocycles. The Morgan fingerprint density at radius 2 is 1.88 bits per heavy atom. The van der Waals surface area contributed by atoms with Gasteiger partial charge < -0.3 is 14.4 Å². The predicted octanol–water partition coefficient (Wildman–Crippen LogP) is 3.31. The van der Waals surface area contributed by atoms with E-state index in [1.807, 2.05) is 17.0 Å². The van der Waals surface area contributed by atoms with Crippen molar-refractivity contribution >= 4 is 5.91 Å². The van der Waals surface area contributed by atoms with Crippen molar-refractivity contribution in [3.05, 3.63) is 54.6 Å². The SMILES string of the molecule is O=C(COc1ccc(F)cc1)N1CCC(CCOc2cccnc2)CC1. The van der Waals surface area contributed by atoms with Crippen LogP contribution in [-0.2, 0) is 4.79 Å². The van der Waals surface area contributed by atoms with Crippen molar-refractivity contribution in [3.8, 4) is 11.5 Å². The maximum atomic E-state index is 12.9. The van der Waals surface area contributed by atoms with Crippen LogP contribution in [-0.4, -0.2) is 42.1 Å². The van der Waals surface area contributed by atoms with E-state index in [-0.39, 0.29) is 18.3 Å². The Hall–Kier alpha value is -2.63. The van der Waals surface area contributed by atoms with Crippen LogP contribution in [0.25, 0.3) is 0 Å². The average Bonchev–Trinajstić information content (AvgIpc) is 2.69. The molecule has 3 rings (SSSR count). The van der Waals surface area contributed by atoms with Crippen LogP contribution >= 0.6 is 0 Å². The van der Waals surface area contributed by atoms with Crippen LogP contribution in [0.15, 0.2) is 48.8 Å². The van der Waals surface area contributed by atoms with Gasteiger partial charge in [0.25, 0.3) is 5.91 Å². The summed E-state index contributed by atoms with van der Waals surface area (Å²) in [5, 5.41) is 0. The Labute approximate surface area is 152 Å². The number of hydrogen-bond acceptors (Lipinski definition) is 4. The number of aromatic nitrogens is 1. The first kappa shape index (κ1) is 18.2. The number of nitrogens with zero attached hydrogens (tertiary/aromatic N) is 2. The minimum Gasteiger partial charge on any atom is -0.492 e. The van der Waals surface area contributed by atoms with Gasteiger partial charge in [-0.1, -0.05) is 0 Å². The number of hydrogen-bond donors (Lipinski definition) is 0. The molecule has 138 valence electrons. The van der Waals surface area contributed by atoms with Gasteiger partial charge in [-0.25, -0.2) is 4.39 Å². The van der Waals surface area contributed by atoms with Crippen LogP contribution in [0, 0.1) is 11.7 Å². The molecule has 1 aromatic carbocycles. The van der Waals surface area contributed by atoms with Crippen molar-refractivity contribution < 1.29 is 18.7 Å². The molecule has 5 nitrogen and oxygen atoms in total. The van der Waals surface area contributed by atoms with Gasteiger partial charge in [-0.05, 0) is 61.6 Å². The van der Waals surface area contributed by atoms with E-state index in [0.717, 1.165) is 38.1 Å². The summed E-state index contributed by atoms with van der Waals surface area (Å²) in [5.41, 5.74) is 0. The molecule has 0 N–H and O–H groups in total. The summed E-state index contributed by atoms with van der Waals surface area (Å²) in [4.78, 5) is 18.1. The van der Waals surface area contributed by atoms with Gasteiger partial charge in [-0.2, -0.15) is 0 Å². The van der Waals surface area contributed by atoms with Crippen molar-refractivity contribution in [2.75, 3.05) is 26.3 Å². The number of benzene rings is 1. The average molecular weight is 358 g/mol. The fraction of sp³-hybridized carbons (Fsp3) is 0.400. The number of rotatable bonds is 7. The van der Waals surface area contributed by atoms with E-state index >= 15 is 0 Å². The smallest absolute Gasteiger partial charge is 0.260 e. The Balaban J connectivity index is 1.33. The minimum atomic E-state index is -0.321. The van der Waals surface area contributed by atoms with Crippen molar-refractivity contribution in [2.24, 2.45) is 5.92 Å². The van der Waals surface area contributed by atoms with Crippen molar-refractivity contribution in [1.82, 2.24) is 9.88 Å². The molecule has 26 heavy (non-hydrogen) atoms. The highest BCUT2D eigenvalue weighted by atomic mass is 19.1. The Bertz CT molecular complexity index is 686. The molecule has 1 aromatic heterocycles. The van der Waals surface area contributed by atoms with E-state index in [1.54, 1.807) is 12.4 Å². The Kier molecular flexibility index (Phi) is 6.41. The molecule has 1 amide bonds. The Morgan fingerprint density at radius 1 is 1.12 bits per heavy atom. The zero-order valence-corrected chi connectivity index (χ0v) is 14.6. The van der Waals surface area contributed by atoms with Gasteiger partial charge in [0.2, 0.25) is 0 Å². The summed E-state index contributed by atoms with van der Waals surface area (Å²) in [7, 11) is 0. The summed E-state index contributed by atoms with van der Waals surface area (Å²) in [5.74, 6) is 1.51. The van der Waals surface area contributed by atoms with Gasteiger partial charge in [-0.15, -0.1) is 0 Å². The van der Waals surface area contributed by atoms with Gasteiger partial charge >= 0.3 is 0 Å². The van der Waals surface area contributed by atoms with Crippen molar-refractivity contribution in [1.29, 1.82) is 0 Å². The normalized spacial score (nSPS) is 14.9. The molecule has 2 aromatic rings. The first-order valence-corrected chi connectivity index (χ1v) is 8.89. The first-order valence-electron chi connectivity index (χ1n) is 8.89. The zero-order valence-electron chi connectivity index (χ0n) is 14.6. The van der Waals surface area contributed by atoms with Gasteiger partial charge in [0, 0.05) is 19.3 Å². The van der Waals surface area contributed by atoms with Crippen LogP contribution in [0.3, 0.4) is 0 Å². The van der Waals surface area contributed by atoms with E-state index in [9.17, 15) is 9.18 Å². The number of amides is 1. The summed E-state index contributed by atoms with van der Waals surface area (Å²) < 4.78 is 24.0. The number of carbonyl (C=O) groups excluding carboxylic acids is 1. The molecule has 0 radical (unpaired) electrons. The van der Waals surface area contributed by atoms with Gasteiger partial charge in [0.15, 0.2) is 6.61 Å². The lowest BCUT2D eigenvalue weighted by molar-refractivity contribution is -0.134. The third-order valence-corrected chi connectivity index (χ3v) is 4.57. The second-order valence-corrected chi connectivity index (χ2v) is 6.39. The minimum absolute atomic E-state index is 0.0135. The standard InChI is InChI=1S/C20H23FN2O3/c21-17-3-5-18(6-4-17)26-15-20(24)23-11-7-16(8-12-23)9-13-25-19-2-1-10-22-14-19/h1-6,10,14,16H,7-9,11-13,15H2. The topological polar surface area (TPSA) is 51.7 Å². The van der Waals surface area contributed by atoms with Gasteiger partial charge in [-0.3, -0.25) is 9.78 Å². The fourth-order valence-electron chi connectivity index (χ4n) is 3.01. The molecule has 1 aliphatic rings. The molecule has 6 heteroatoms. The molecule has 2 heterocycles. The van der Waals surface area contributed by atoms with Crippen LogP contribution in [0.5, 0.6) is 11.5 Å². The summed E-state index contributed by atoms with van der Waals surface area (Å²) >= 11 is 0. The first-order chi connectivity index (χ1) is 12.7. The van der Waals surface area contributed by atoms with Crippen LogP contribution < -0.4 is 9.47 Å². The molecule has 1 fully saturated rings. The molecule has 0 unspecified atom stereocenters. The summed E-state index contributed by atoms with van der Waals surface area (Å²) in [6.07, 6.45) is 6.35.